The summed E-state index contributed by atoms with van der Waals surface area (Å²) in [6.07, 6.45) is 4.95. The lowest BCUT2D eigenvalue weighted by Crippen LogP contribution is -2.30. The van der Waals surface area contributed by atoms with Crippen LogP contribution >= 0.6 is 27.3 Å². The summed E-state index contributed by atoms with van der Waals surface area (Å²) in [6.45, 7) is 11.5. The molecule has 1 unspecified atom stereocenters. The third-order valence-electron chi connectivity index (χ3n) is 5.05. The quantitative estimate of drug-likeness (QED) is 0.390. The first-order chi connectivity index (χ1) is 13.5. The summed E-state index contributed by atoms with van der Waals surface area (Å²) >= 11 is 5.20. The molecule has 29 heavy (non-hydrogen) atoms. The molecule has 0 saturated heterocycles. The Hall–Kier alpha value is -1.18. The van der Waals surface area contributed by atoms with Crippen LogP contribution in [-0.2, 0) is 23.1 Å². The summed E-state index contributed by atoms with van der Waals surface area (Å²) in [5, 5.41) is 4.24. The Bertz CT molecular complexity index is 898. The highest BCUT2D eigenvalue weighted by molar-refractivity contribution is 9.10. The van der Waals surface area contributed by atoms with Gasteiger partial charge in [0.2, 0.25) is 0 Å². The number of aryl methyl sites for hydroxylation is 1. The van der Waals surface area contributed by atoms with Gasteiger partial charge in [-0.1, -0.05) is 20.3 Å². The number of fused-ring (bicyclic) bond motifs is 1. The van der Waals surface area contributed by atoms with E-state index in [0.29, 0.717) is 5.92 Å². The second kappa shape index (κ2) is 10.2. The number of hydrogen-bond acceptors (Lipinski definition) is 5. The summed E-state index contributed by atoms with van der Waals surface area (Å²) in [5.74, 6) is 0.119. The number of aromatic nitrogens is 1. The number of hydrogen-bond donors (Lipinski definition) is 1. The zero-order valence-electron chi connectivity index (χ0n) is 18.3. The summed E-state index contributed by atoms with van der Waals surface area (Å²) in [5.41, 5.74) is -0.389. The number of halogens is 1. The van der Waals surface area contributed by atoms with Gasteiger partial charge in [-0.3, -0.25) is 9.59 Å². The van der Waals surface area contributed by atoms with Crippen LogP contribution in [-0.4, -0.2) is 22.7 Å². The van der Waals surface area contributed by atoms with Crippen molar-refractivity contribution < 1.29 is 9.53 Å². The fraction of sp³-hybridized carbons (Fsp3) is 0.636. The van der Waals surface area contributed by atoms with E-state index in [1.54, 1.807) is 23.0 Å². The monoisotopic (exact) mass is 484 g/mol. The molecule has 2 heterocycles. The maximum Gasteiger partial charge on any atom is 0.309 e. The Balaban J connectivity index is 1.73. The fourth-order valence-electron chi connectivity index (χ4n) is 3.15. The first-order valence-corrected chi connectivity index (χ1v) is 11.8. The molecule has 0 aliphatic rings. The Morgan fingerprint density at radius 1 is 1.31 bits per heavy atom. The van der Waals surface area contributed by atoms with Crippen molar-refractivity contribution in [3.05, 3.63) is 32.0 Å². The van der Waals surface area contributed by atoms with E-state index in [-0.39, 0.29) is 17.4 Å². The molecular weight excluding hydrogens is 452 g/mol. The molecule has 2 atom stereocenters. The van der Waals surface area contributed by atoms with Crippen LogP contribution in [0.1, 0.15) is 58.8 Å². The summed E-state index contributed by atoms with van der Waals surface area (Å²) in [4.78, 5) is 25.6. The lowest BCUT2D eigenvalue weighted by molar-refractivity contribution is -0.161. The standard InChI is InChI=1S/C22H33BrN2O3S/c1-14(15(2)21(27)28-22(3,4)5)9-7-8-10-24-12-16-11-17-19(29-16)18(23)13-25(6)20(17)26/h11,13-15,24H,7-10,12H2,1-6H3/t14-,15?/m1/s1. The highest BCUT2D eigenvalue weighted by Gasteiger charge is 2.25. The van der Waals surface area contributed by atoms with E-state index in [9.17, 15) is 9.59 Å². The van der Waals surface area contributed by atoms with E-state index in [2.05, 4.69) is 28.2 Å². The van der Waals surface area contributed by atoms with Crippen molar-refractivity contribution >= 4 is 43.3 Å². The van der Waals surface area contributed by atoms with Gasteiger partial charge in [0.05, 0.1) is 20.5 Å². The van der Waals surface area contributed by atoms with Crippen LogP contribution < -0.4 is 10.9 Å². The average Bonchev–Trinajstić information content (AvgIpc) is 3.05. The van der Waals surface area contributed by atoms with Gasteiger partial charge in [-0.15, -0.1) is 11.3 Å². The van der Waals surface area contributed by atoms with Crippen molar-refractivity contribution in [3.63, 3.8) is 0 Å². The van der Waals surface area contributed by atoms with Crippen molar-refractivity contribution in [1.29, 1.82) is 0 Å². The number of carbonyl (C=O) groups is 1. The maximum absolute atomic E-state index is 12.2. The molecule has 0 fully saturated rings. The van der Waals surface area contributed by atoms with Crippen LogP contribution in [0.5, 0.6) is 0 Å². The van der Waals surface area contributed by atoms with Crippen molar-refractivity contribution in [1.82, 2.24) is 9.88 Å². The van der Waals surface area contributed by atoms with Crippen LogP contribution in [0.15, 0.2) is 21.5 Å². The van der Waals surface area contributed by atoms with Gasteiger partial charge in [-0.25, -0.2) is 0 Å². The van der Waals surface area contributed by atoms with Crippen LogP contribution in [0.4, 0.5) is 0 Å². The van der Waals surface area contributed by atoms with Crippen molar-refractivity contribution in [2.75, 3.05) is 6.54 Å². The number of rotatable bonds is 9. The first-order valence-electron chi connectivity index (χ1n) is 10.2. The Kier molecular flexibility index (Phi) is 8.49. The smallest absolute Gasteiger partial charge is 0.309 e. The largest absolute Gasteiger partial charge is 0.460 e. The minimum absolute atomic E-state index is 0.0406. The topological polar surface area (TPSA) is 60.3 Å². The van der Waals surface area contributed by atoms with Gasteiger partial charge in [0.15, 0.2) is 0 Å². The number of thiophene rings is 1. The Labute approximate surface area is 186 Å². The normalized spacial score (nSPS) is 14.2. The van der Waals surface area contributed by atoms with Gasteiger partial charge in [0.25, 0.3) is 5.56 Å². The predicted octanol–water partition coefficient (Wildman–Crippen LogP) is 5.24. The minimum atomic E-state index is -0.429. The van der Waals surface area contributed by atoms with Gasteiger partial charge in [-0.05, 0) is 68.1 Å². The molecular formula is C22H33BrN2O3S. The Morgan fingerprint density at radius 2 is 2.00 bits per heavy atom. The Morgan fingerprint density at radius 3 is 2.66 bits per heavy atom. The summed E-state index contributed by atoms with van der Waals surface area (Å²) in [7, 11) is 1.77. The second-order valence-electron chi connectivity index (χ2n) is 8.82. The van der Waals surface area contributed by atoms with Gasteiger partial charge in [-0.2, -0.15) is 0 Å². The number of unbranched alkanes of at least 4 members (excludes halogenated alkanes) is 1. The molecule has 0 saturated carbocycles. The first kappa shape index (κ1) is 24.1. The number of pyridine rings is 1. The van der Waals surface area contributed by atoms with Crippen molar-refractivity contribution in [2.24, 2.45) is 18.9 Å². The zero-order valence-corrected chi connectivity index (χ0v) is 20.7. The molecule has 0 aliphatic heterocycles. The lowest BCUT2D eigenvalue weighted by Gasteiger charge is -2.25. The van der Waals surface area contributed by atoms with Gasteiger partial charge >= 0.3 is 5.97 Å². The van der Waals surface area contributed by atoms with E-state index in [0.717, 1.165) is 51.8 Å². The highest BCUT2D eigenvalue weighted by atomic mass is 79.9. The molecule has 1 N–H and O–H groups in total. The second-order valence-corrected chi connectivity index (χ2v) is 10.8. The van der Waals surface area contributed by atoms with Crippen LogP contribution in [0.2, 0.25) is 0 Å². The summed E-state index contributed by atoms with van der Waals surface area (Å²) < 4.78 is 9.06. The van der Waals surface area contributed by atoms with E-state index in [1.165, 1.54) is 0 Å². The van der Waals surface area contributed by atoms with E-state index in [4.69, 9.17) is 4.74 Å². The zero-order chi connectivity index (χ0) is 21.8. The number of carbonyl (C=O) groups excluding carboxylic acids is 1. The predicted molar refractivity (Wildman–Crippen MR) is 124 cm³/mol. The van der Waals surface area contributed by atoms with Crippen molar-refractivity contribution in [3.8, 4) is 0 Å². The minimum Gasteiger partial charge on any atom is -0.460 e. The SMILES string of the molecule is CC(C(=O)OC(C)(C)C)[C@H](C)CCCCNCc1cc2c(=O)n(C)cc(Br)c2s1. The molecule has 0 spiro atoms. The molecule has 0 aromatic carbocycles. The fourth-order valence-corrected chi connectivity index (χ4v) is 4.93. The average molecular weight is 485 g/mol. The van der Waals surface area contributed by atoms with Gasteiger partial charge < -0.3 is 14.6 Å². The molecule has 0 aliphatic carbocycles. The number of ether oxygens (including phenoxy) is 1. The number of nitrogens with zero attached hydrogens (tertiary/aromatic N) is 1. The molecule has 0 amide bonds. The third kappa shape index (κ3) is 6.93. The molecule has 7 heteroatoms. The maximum atomic E-state index is 12.2. The number of nitrogens with one attached hydrogen (secondary N) is 1. The van der Waals surface area contributed by atoms with Crippen LogP contribution in [0.25, 0.3) is 10.1 Å². The van der Waals surface area contributed by atoms with Crippen LogP contribution in [0, 0.1) is 11.8 Å². The molecule has 0 radical (unpaired) electrons. The molecule has 5 nitrogen and oxygen atoms in total. The lowest BCUT2D eigenvalue weighted by atomic mass is 9.91. The third-order valence-corrected chi connectivity index (χ3v) is 7.08. The summed E-state index contributed by atoms with van der Waals surface area (Å²) in [6, 6.07) is 1.99. The number of esters is 1. The van der Waals surface area contributed by atoms with E-state index in [1.807, 2.05) is 40.0 Å². The molecule has 2 aromatic rings. The van der Waals surface area contributed by atoms with Crippen LogP contribution in [0.3, 0.4) is 0 Å². The van der Waals surface area contributed by atoms with E-state index >= 15 is 0 Å². The van der Waals surface area contributed by atoms with E-state index < -0.39 is 5.60 Å². The molecule has 2 rings (SSSR count). The van der Waals surface area contributed by atoms with Gasteiger partial charge in [0.1, 0.15) is 5.60 Å². The molecule has 162 valence electrons. The highest BCUT2D eigenvalue weighted by Crippen LogP contribution is 2.29. The van der Waals surface area contributed by atoms with Crippen molar-refractivity contribution in [2.45, 2.75) is 66.0 Å². The van der Waals surface area contributed by atoms with Gasteiger partial charge in [0, 0.05) is 24.7 Å². The molecule has 0 bridgehead atoms. The molecule has 2 aromatic heterocycles.